The first-order valence-corrected chi connectivity index (χ1v) is 8.97. The topological polar surface area (TPSA) is 43.4 Å². The first kappa shape index (κ1) is 17.1. The van der Waals surface area contributed by atoms with Gasteiger partial charge in [0.05, 0.1) is 11.5 Å². The van der Waals surface area contributed by atoms with Gasteiger partial charge in [-0.1, -0.05) is 6.08 Å². The number of aryl methyl sites for hydroxylation is 2. The minimum absolute atomic E-state index is 0.118. The third-order valence-electron chi connectivity index (χ3n) is 3.01. The molecule has 0 aliphatic heterocycles. The number of ether oxygens (including phenoxy) is 1. The fourth-order valence-corrected chi connectivity index (χ4v) is 2.92. The van der Waals surface area contributed by atoms with E-state index in [1.165, 1.54) is 0 Å². The molecule has 1 aromatic carbocycles. The molecule has 0 aliphatic carbocycles. The van der Waals surface area contributed by atoms with Gasteiger partial charge < -0.3 is 4.74 Å². The minimum Gasteiger partial charge on any atom is -0.493 e. The van der Waals surface area contributed by atoms with Crippen LogP contribution in [0, 0.1) is 13.8 Å². The zero-order chi connectivity index (χ0) is 15.2. The third-order valence-corrected chi connectivity index (χ3v) is 4.35. The van der Waals surface area contributed by atoms with Crippen LogP contribution in [0.2, 0.25) is 0 Å². The summed E-state index contributed by atoms with van der Waals surface area (Å²) in [6.45, 7) is 7.97. The second-order valence-corrected chi connectivity index (χ2v) is 7.38. The van der Waals surface area contributed by atoms with Crippen molar-refractivity contribution in [2.75, 3.05) is 6.61 Å². The molecule has 0 fully saturated rings. The summed E-state index contributed by atoms with van der Waals surface area (Å²) < 4.78 is 28.4. The second-order valence-electron chi connectivity index (χ2n) is 4.81. The Bertz CT molecular complexity index is 541. The maximum Gasteiger partial charge on any atom is 0.261 e. The normalized spacial score (nSPS) is 11.3. The Hall–Kier alpha value is -1.00. The third kappa shape index (κ3) is 5.17. The Kier molecular flexibility index (Phi) is 6.56. The van der Waals surface area contributed by atoms with Gasteiger partial charge >= 0.3 is 0 Å². The molecule has 0 heterocycles. The molecule has 0 aliphatic rings. The highest BCUT2D eigenvalue weighted by Crippen LogP contribution is 2.28. The van der Waals surface area contributed by atoms with Crippen LogP contribution in [0.4, 0.5) is 0 Å². The lowest BCUT2D eigenvalue weighted by atomic mass is 10.1. The summed E-state index contributed by atoms with van der Waals surface area (Å²) in [4.78, 5) is 0.118. The van der Waals surface area contributed by atoms with E-state index in [4.69, 9.17) is 15.4 Å². The molecular formula is C15H21ClO3S. The summed E-state index contributed by atoms with van der Waals surface area (Å²) in [5.41, 5.74) is 1.57. The van der Waals surface area contributed by atoms with Crippen LogP contribution in [0.5, 0.6) is 5.75 Å². The smallest absolute Gasteiger partial charge is 0.261 e. The first-order valence-electron chi connectivity index (χ1n) is 6.66. The standard InChI is InChI=1S/C15H21ClO3S/c1-4-5-6-7-8-9-19-15-12(2)10-14(11-13(15)3)20(16,17)18/h4,10-11H,1,5-9H2,2-3H3. The molecule has 20 heavy (non-hydrogen) atoms. The van der Waals surface area contributed by atoms with Gasteiger partial charge in [0.2, 0.25) is 0 Å². The average Bonchev–Trinajstić information content (AvgIpc) is 2.34. The van der Waals surface area contributed by atoms with E-state index in [2.05, 4.69) is 6.58 Å². The van der Waals surface area contributed by atoms with Crippen molar-refractivity contribution in [1.82, 2.24) is 0 Å². The van der Waals surface area contributed by atoms with Gasteiger partial charge in [-0.2, -0.15) is 0 Å². The molecule has 0 saturated carbocycles. The van der Waals surface area contributed by atoms with Gasteiger partial charge in [0.1, 0.15) is 5.75 Å². The molecule has 1 rings (SSSR count). The van der Waals surface area contributed by atoms with Crippen molar-refractivity contribution in [3.05, 3.63) is 35.9 Å². The van der Waals surface area contributed by atoms with Crippen LogP contribution >= 0.6 is 10.7 Å². The molecule has 0 spiro atoms. The van der Waals surface area contributed by atoms with E-state index in [0.29, 0.717) is 6.61 Å². The zero-order valence-corrected chi connectivity index (χ0v) is 13.6. The molecule has 5 heteroatoms. The summed E-state index contributed by atoms with van der Waals surface area (Å²) >= 11 is 0. The fraction of sp³-hybridized carbons (Fsp3) is 0.467. The number of benzene rings is 1. The maximum atomic E-state index is 11.3. The Balaban J connectivity index is 2.65. The lowest BCUT2D eigenvalue weighted by Crippen LogP contribution is -2.02. The molecule has 0 bridgehead atoms. The number of halogens is 1. The SMILES string of the molecule is C=CCCCCCOc1c(C)cc(S(=O)(=O)Cl)cc1C. The number of rotatable bonds is 8. The van der Waals surface area contributed by atoms with Crippen LogP contribution in [0.3, 0.4) is 0 Å². The highest BCUT2D eigenvalue weighted by atomic mass is 35.7. The summed E-state index contributed by atoms with van der Waals surface area (Å²) in [7, 11) is 1.66. The lowest BCUT2D eigenvalue weighted by molar-refractivity contribution is 0.301. The average molecular weight is 317 g/mol. The molecule has 1 aromatic rings. The Morgan fingerprint density at radius 2 is 1.80 bits per heavy atom. The van der Waals surface area contributed by atoms with E-state index in [9.17, 15) is 8.42 Å². The van der Waals surface area contributed by atoms with Crippen molar-refractivity contribution in [3.63, 3.8) is 0 Å². The summed E-state index contributed by atoms with van der Waals surface area (Å²) in [6, 6.07) is 3.09. The summed E-state index contributed by atoms with van der Waals surface area (Å²) in [5, 5.41) is 0. The summed E-state index contributed by atoms with van der Waals surface area (Å²) in [5.74, 6) is 0.748. The van der Waals surface area contributed by atoms with E-state index in [1.54, 1.807) is 12.1 Å². The molecule has 0 amide bonds. The second kappa shape index (κ2) is 7.70. The van der Waals surface area contributed by atoms with Crippen LogP contribution in [-0.2, 0) is 9.05 Å². The maximum absolute atomic E-state index is 11.3. The van der Waals surface area contributed by atoms with E-state index in [0.717, 1.165) is 42.6 Å². The molecule has 0 atom stereocenters. The van der Waals surface area contributed by atoms with Crippen LogP contribution in [-0.4, -0.2) is 15.0 Å². The highest BCUT2D eigenvalue weighted by molar-refractivity contribution is 8.13. The molecular weight excluding hydrogens is 296 g/mol. The molecule has 3 nitrogen and oxygen atoms in total. The van der Waals surface area contributed by atoms with Crippen molar-refractivity contribution in [3.8, 4) is 5.75 Å². The van der Waals surface area contributed by atoms with Gasteiger partial charge in [0.15, 0.2) is 0 Å². The zero-order valence-electron chi connectivity index (χ0n) is 12.0. The van der Waals surface area contributed by atoms with Crippen molar-refractivity contribution >= 4 is 19.7 Å². The van der Waals surface area contributed by atoms with Crippen molar-refractivity contribution < 1.29 is 13.2 Å². The van der Waals surface area contributed by atoms with Crippen LogP contribution in [0.25, 0.3) is 0 Å². The van der Waals surface area contributed by atoms with Crippen LogP contribution in [0.15, 0.2) is 29.7 Å². The van der Waals surface area contributed by atoms with Crippen molar-refractivity contribution in [2.24, 2.45) is 0 Å². The summed E-state index contributed by atoms with van der Waals surface area (Å²) in [6.07, 6.45) is 6.13. The molecule has 0 N–H and O–H groups in total. The molecule has 112 valence electrons. The van der Waals surface area contributed by atoms with Crippen LogP contribution in [0.1, 0.15) is 36.8 Å². The van der Waals surface area contributed by atoms with Gasteiger partial charge in [-0.3, -0.25) is 0 Å². The fourth-order valence-electron chi connectivity index (χ4n) is 2.02. The Morgan fingerprint density at radius 1 is 1.20 bits per heavy atom. The van der Waals surface area contributed by atoms with E-state index >= 15 is 0 Å². The van der Waals surface area contributed by atoms with Crippen molar-refractivity contribution in [1.29, 1.82) is 0 Å². The van der Waals surface area contributed by atoms with E-state index < -0.39 is 9.05 Å². The number of hydrogen-bond acceptors (Lipinski definition) is 3. The molecule has 0 saturated heterocycles. The van der Waals surface area contributed by atoms with E-state index in [-0.39, 0.29) is 4.90 Å². The quantitative estimate of drug-likeness (QED) is 0.406. The lowest BCUT2D eigenvalue weighted by Gasteiger charge is -2.13. The minimum atomic E-state index is -3.69. The number of hydrogen-bond donors (Lipinski definition) is 0. The Morgan fingerprint density at radius 3 is 2.30 bits per heavy atom. The van der Waals surface area contributed by atoms with Gasteiger partial charge in [-0.05, 0) is 62.8 Å². The Labute approximate surface area is 126 Å². The van der Waals surface area contributed by atoms with Gasteiger partial charge in [0, 0.05) is 10.7 Å². The van der Waals surface area contributed by atoms with Gasteiger partial charge in [-0.25, -0.2) is 8.42 Å². The predicted molar refractivity (Wildman–Crippen MR) is 83.1 cm³/mol. The van der Waals surface area contributed by atoms with E-state index in [1.807, 2.05) is 19.9 Å². The molecule has 0 unspecified atom stereocenters. The molecule has 0 radical (unpaired) electrons. The largest absolute Gasteiger partial charge is 0.493 e. The predicted octanol–water partition coefficient (Wildman–Crippen LogP) is 4.36. The van der Waals surface area contributed by atoms with Gasteiger partial charge in [-0.15, -0.1) is 6.58 Å². The van der Waals surface area contributed by atoms with Crippen molar-refractivity contribution in [2.45, 2.75) is 44.4 Å². The molecule has 0 aromatic heterocycles. The van der Waals surface area contributed by atoms with Gasteiger partial charge in [0.25, 0.3) is 9.05 Å². The highest BCUT2D eigenvalue weighted by Gasteiger charge is 2.14. The number of allylic oxidation sites excluding steroid dienone is 1. The number of unbranched alkanes of at least 4 members (excludes halogenated alkanes) is 3. The monoisotopic (exact) mass is 316 g/mol. The van der Waals surface area contributed by atoms with Crippen LogP contribution < -0.4 is 4.74 Å². The first-order chi connectivity index (χ1) is 9.36.